The van der Waals surface area contributed by atoms with E-state index in [1.165, 1.54) is 27.5 Å². The summed E-state index contributed by atoms with van der Waals surface area (Å²) in [5.74, 6) is 0. The van der Waals surface area contributed by atoms with Crippen molar-refractivity contribution in [2.24, 2.45) is 0 Å². The Kier molecular flexibility index (Phi) is 2.85. The molecule has 0 nitrogen and oxygen atoms in total. The summed E-state index contributed by atoms with van der Waals surface area (Å²) >= 11 is 0. The van der Waals surface area contributed by atoms with E-state index in [0.717, 1.165) is 6.42 Å². The summed E-state index contributed by atoms with van der Waals surface area (Å²) in [6, 6.07) is 23.8. The van der Waals surface area contributed by atoms with Gasteiger partial charge in [0.25, 0.3) is 0 Å². The van der Waals surface area contributed by atoms with E-state index >= 15 is 0 Å². The molecular weight excluding hydrogens is 216 g/mol. The number of hydrogen-bond acceptors (Lipinski definition) is 0. The van der Waals surface area contributed by atoms with Gasteiger partial charge < -0.3 is 0 Å². The van der Waals surface area contributed by atoms with E-state index < -0.39 is 0 Å². The molecule has 0 unspecified atom stereocenters. The summed E-state index contributed by atoms with van der Waals surface area (Å²) in [6.07, 6.45) is 1.08. The van der Waals surface area contributed by atoms with Crippen LogP contribution in [0.2, 0.25) is 0 Å². The molecule has 0 aromatic heterocycles. The Hall–Kier alpha value is -2.08. The summed E-state index contributed by atoms with van der Waals surface area (Å²) in [6.45, 7) is 2.21. The van der Waals surface area contributed by atoms with Crippen LogP contribution in [-0.2, 0) is 6.42 Å². The van der Waals surface area contributed by atoms with Gasteiger partial charge in [-0.15, -0.1) is 0 Å². The van der Waals surface area contributed by atoms with Gasteiger partial charge in [-0.3, -0.25) is 0 Å². The Balaban J connectivity index is 2.32. The Morgan fingerprint density at radius 1 is 0.667 bits per heavy atom. The number of aryl methyl sites for hydroxylation is 1. The van der Waals surface area contributed by atoms with Crippen molar-refractivity contribution in [2.75, 3.05) is 0 Å². The van der Waals surface area contributed by atoms with Crippen molar-refractivity contribution in [1.29, 1.82) is 0 Å². The van der Waals surface area contributed by atoms with E-state index in [-0.39, 0.29) is 0 Å². The molecule has 3 aromatic carbocycles. The second kappa shape index (κ2) is 4.66. The molecule has 0 spiro atoms. The monoisotopic (exact) mass is 232 g/mol. The van der Waals surface area contributed by atoms with Crippen molar-refractivity contribution in [2.45, 2.75) is 13.3 Å². The molecule has 0 saturated heterocycles. The SMILES string of the molecule is CCc1ccc(-c2ccccc2)c2ccccc12. The summed E-state index contributed by atoms with van der Waals surface area (Å²) in [4.78, 5) is 0. The highest BCUT2D eigenvalue weighted by Gasteiger charge is 2.05. The highest BCUT2D eigenvalue weighted by molar-refractivity contribution is 5.98. The minimum absolute atomic E-state index is 1.08. The number of rotatable bonds is 2. The van der Waals surface area contributed by atoms with Crippen LogP contribution < -0.4 is 0 Å². The highest BCUT2D eigenvalue weighted by Crippen LogP contribution is 2.30. The lowest BCUT2D eigenvalue weighted by molar-refractivity contribution is 1.16. The Morgan fingerprint density at radius 2 is 1.33 bits per heavy atom. The molecule has 0 bridgehead atoms. The van der Waals surface area contributed by atoms with Crippen LogP contribution in [0.1, 0.15) is 12.5 Å². The lowest BCUT2D eigenvalue weighted by Gasteiger charge is -2.10. The second-order valence-corrected chi connectivity index (χ2v) is 4.54. The summed E-state index contributed by atoms with van der Waals surface area (Å²) < 4.78 is 0. The molecule has 0 saturated carbocycles. The third kappa shape index (κ3) is 1.80. The van der Waals surface area contributed by atoms with Gasteiger partial charge in [-0.25, -0.2) is 0 Å². The first-order valence-electron chi connectivity index (χ1n) is 6.46. The van der Waals surface area contributed by atoms with Crippen molar-refractivity contribution in [1.82, 2.24) is 0 Å². The molecule has 0 aliphatic heterocycles. The minimum atomic E-state index is 1.08. The maximum Gasteiger partial charge on any atom is -0.0103 e. The summed E-state index contributed by atoms with van der Waals surface area (Å²) in [5.41, 5.74) is 4.03. The van der Waals surface area contributed by atoms with Gasteiger partial charge in [0.2, 0.25) is 0 Å². The first-order chi connectivity index (χ1) is 8.90. The van der Waals surface area contributed by atoms with Crippen LogP contribution in [0.4, 0.5) is 0 Å². The van der Waals surface area contributed by atoms with Crippen LogP contribution in [0.5, 0.6) is 0 Å². The molecule has 0 aliphatic carbocycles. The van der Waals surface area contributed by atoms with Crippen LogP contribution in [-0.4, -0.2) is 0 Å². The summed E-state index contributed by atoms with van der Waals surface area (Å²) in [5, 5.41) is 2.73. The van der Waals surface area contributed by atoms with Crippen molar-refractivity contribution in [3.63, 3.8) is 0 Å². The van der Waals surface area contributed by atoms with E-state index in [4.69, 9.17) is 0 Å². The molecule has 18 heavy (non-hydrogen) atoms. The van der Waals surface area contributed by atoms with E-state index in [2.05, 4.69) is 73.7 Å². The van der Waals surface area contributed by atoms with Gasteiger partial charge in [-0.05, 0) is 33.9 Å². The predicted molar refractivity (Wildman–Crippen MR) is 78.8 cm³/mol. The van der Waals surface area contributed by atoms with E-state index in [0.29, 0.717) is 0 Å². The van der Waals surface area contributed by atoms with Gasteiger partial charge in [0.15, 0.2) is 0 Å². The molecular formula is C18H16. The first kappa shape index (κ1) is 11.0. The minimum Gasteiger partial charge on any atom is -0.0622 e. The lowest BCUT2D eigenvalue weighted by atomic mass is 9.94. The maximum absolute atomic E-state index is 2.25. The van der Waals surface area contributed by atoms with Gasteiger partial charge in [0.05, 0.1) is 0 Å². The van der Waals surface area contributed by atoms with Crippen molar-refractivity contribution in [3.05, 3.63) is 72.3 Å². The number of fused-ring (bicyclic) bond motifs is 1. The van der Waals surface area contributed by atoms with Crippen LogP contribution in [0.15, 0.2) is 66.7 Å². The largest absolute Gasteiger partial charge is 0.0622 e. The standard InChI is InChI=1S/C18H16/c1-2-14-12-13-17(15-8-4-3-5-9-15)18-11-7-6-10-16(14)18/h3-13H,2H2,1H3. The predicted octanol–water partition coefficient (Wildman–Crippen LogP) is 5.07. The molecule has 88 valence electrons. The van der Waals surface area contributed by atoms with Gasteiger partial charge in [-0.2, -0.15) is 0 Å². The molecule has 0 radical (unpaired) electrons. The van der Waals surface area contributed by atoms with Crippen LogP contribution >= 0.6 is 0 Å². The van der Waals surface area contributed by atoms with Crippen LogP contribution in [0, 0.1) is 0 Å². The second-order valence-electron chi connectivity index (χ2n) is 4.54. The fourth-order valence-electron chi connectivity index (χ4n) is 2.54. The smallest absolute Gasteiger partial charge is 0.0103 e. The number of hydrogen-bond donors (Lipinski definition) is 0. The fourth-order valence-corrected chi connectivity index (χ4v) is 2.54. The summed E-state index contributed by atoms with van der Waals surface area (Å²) in [7, 11) is 0. The molecule has 0 atom stereocenters. The van der Waals surface area contributed by atoms with Gasteiger partial charge in [-0.1, -0.05) is 73.7 Å². The Morgan fingerprint density at radius 3 is 2.06 bits per heavy atom. The average Bonchev–Trinajstić information content (AvgIpc) is 2.47. The zero-order valence-electron chi connectivity index (χ0n) is 10.6. The molecule has 0 amide bonds. The zero-order valence-corrected chi connectivity index (χ0v) is 10.6. The van der Waals surface area contributed by atoms with Gasteiger partial charge >= 0.3 is 0 Å². The first-order valence-corrected chi connectivity index (χ1v) is 6.46. The fraction of sp³-hybridized carbons (Fsp3) is 0.111. The lowest BCUT2D eigenvalue weighted by Crippen LogP contribution is -1.87. The third-order valence-electron chi connectivity index (χ3n) is 3.48. The van der Waals surface area contributed by atoms with Gasteiger partial charge in [0.1, 0.15) is 0 Å². The highest BCUT2D eigenvalue weighted by atomic mass is 14.1. The molecule has 0 heteroatoms. The normalized spacial score (nSPS) is 10.7. The van der Waals surface area contributed by atoms with Crippen molar-refractivity contribution < 1.29 is 0 Å². The van der Waals surface area contributed by atoms with E-state index in [9.17, 15) is 0 Å². The van der Waals surface area contributed by atoms with E-state index in [1.807, 2.05) is 0 Å². The quantitative estimate of drug-likeness (QED) is 0.578. The van der Waals surface area contributed by atoms with Gasteiger partial charge in [0, 0.05) is 0 Å². The van der Waals surface area contributed by atoms with Crippen LogP contribution in [0.25, 0.3) is 21.9 Å². The van der Waals surface area contributed by atoms with Crippen molar-refractivity contribution >= 4 is 10.8 Å². The Bertz CT molecular complexity index is 666. The topological polar surface area (TPSA) is 0 Å². The molecule has 0 fully saturated rings. The third-order valence-corrected chi connectivity index (χ3v) is 3.48. The van der Waals surface area contributed by atoms with Crippen LogP contribution in [0.3, 0.4) is 0 Å². The molecule has 3 rings (SSSR count). The van der Waals surface area contributed by atoms with Crippen molar-refractivity contribution in [3.8, 4) is 11.1 Å². The number of benzene rings is 3. The average molecular weight is 232 g/mol. The molecule has 0 aliphatic rings. The van der Waals surface area contributed by atoms with E-state index in [1.54, 1.807) is 0 Å². The molecule has 0 heterocycles. The molecule has 0 N–H and O–H groups in total. The Labute approximate surface area is 108 Å². The molecule has 3 aromatic rings. The maximum atomic E-state index is 2.25. The zero-order chi connectivity index (χ0) is 12.4.